The predicted octanol–water partition coefficient (Wildman–Crippen LogP) is 1.74. The van der Waals surface area contributed by atoms with Crippen molar-refractivity contribution in [1.29, 1.82) is 0 Å². The molecule has 0 aliphatic rings. The summed E-state index contributed by atoms with van der Waals surface area (Å²) in [5.74, 6) is 0. The molecule has 11 heavy (non-hydrogen) atoms. The minimum Gasteiger partial charge on any atom is -0.380 e. The number of hydrogen-bond acceptors (Lipinski definition) is 3. The molecule has 0 saturated heterocycles. The summed E-state index contributed by atoms with van der Waals surface area (Å²) in [6, 6.07) is 0.378. The normalized spacial score (nSPS) is 16.8. The van der Waals surface area contributed by atoms with E-state index in [4.69, 9.17) is 4.74 Å². The van der Waals surface area contributed by atoms with Crippen LogP contribution >= 0.6 is 12.6 Å². The van der Waals surface area contributed by atoms with E-state index in [0.717, 1.165) is 0 Å². The summed E-state index contributed by atoms with van der Waals surface area (Å²) >= 11 is 3.99. The van der Waals surface area contributed by atoms with Crippen LogP contribution in [0.4, 0.5) is 0 Å². The lowest BCUT2D eigenvalue weighted by Crippen LogP contribution is -2.34. The fourth-order valence-corrected chi connectivity index (χ4v) is 0.979. The van der Waals surface area contributed by atoms with Crippen LogP contribution in [-0.4, -0.2) is 31.2 Å². The minimum absolute atomic E-state index is 0.240. The molecule has 0 saturated carbocycles. The first-order valence-electron chi connectivity index (χ1n) is 3.69. The fourth-order valence-electron chi connectivity index (χ4n) is 0.769. The molecule has 0 aromatic rings. The van der Waals surface area contributed by atoms with Crippen LogP contribution in [0, 0.1) is 0 Å². The van der Waals surface area contributed by atoms with E-state index in [0.29, 0.717) is 6.04 Å². The summed E-state index contributed by atoms with van der Waals surface area (Å²) in [5.41, 5.74) is 0. The van der Waals surface area contributed by atoms with Crippen LogP contribution in [0.3, 0.4) is 0 Å². The Morgan fingerprint density at radius 1 is 1.45 bits per heavy atom. The Kier molecular flexibility index (Phi) is 5.42. The lowest BCUT2D eigenvalue weighted by Gasteiger charge is -2.27. The van der Waals surface area contributed by atoms with E-state index in [1.54, 1.807) is 12.5 Å². The highest BCUT2D eigenvalue weighted by molar-refractivity contribution is 7.83. The average Bonchev–Trinajstić information content (AvgIpc) is 2.02. The molecule has 0 aromatic heterocycles. The summed E-state index contributed by atoms with van der Waals surface area (Å²) < 4.78 is 5.18. The van der Waals surface area contributed by atoms with Gasteiger partial charge in [-0.3, -0.25) is 0 Å². The van der Waals surface area contributed by atoms with Gasteiger partial charge in [-0.1, -0.05) is 0 Å². The maximum absolute atomic E-state index is 5.18. The first-order valence-corrected chi connectivity index (χ1v) is 4.20. The highest BCUT2D eigenvalue weighted by Gasteiger charge is 2.12. The zero-order chi connectivity index (χ0) is 8.85. The van der Waals surface area contributed by atoms with Crippen LogP contribution in [0.1, 0.15) is 13.8 Å². The Bertz CT molecular complexity index is 127. The number of methoxy groups -OCH3 is 1. The molecule has 0 radical (unpaired) electrons. The molecule has 0 amide bonds. The third kappa shape index (κ3) is 3.68. The van der Waals surface area contributed by atoms with Gasteiger partial charge in [0.05, 0.1) is 12.1 Å². The Morgan fingerprint density at radius 2 is 2.00 bits per heavy atom. The molecule has 0 N–H and O–H groups in total. The molecular formula is C8H17NOS. The number of hydrogen-bond donors (Lipinski definition) is 1. The summed E-state index contributed by atoms with van der Waals surface area (Å²) in [5, 5.41) is 1.72. The molecule has 0 rings (SSSR count). The van der Waals surface area contributed by atoms with Gasteiger partial charge in [-0.2, -0.15) is 0 Å². The van der Waals surface area contributed by atoms with Crippen molar-refractivity contribution < 1.29 is 4.74 Å². The van der Waals surface area contributed by atoms with Crippen molar-refractivity contribution in [3.63, 3.8) is 0 Å². The van der Waals surface area contributed by atoms with Crippen molar-refractivity contribution in [1.82, 2.24) is 4.90 Å². The number of thiol groups is 1. The van der Waals surface area contributed by atoms with E-state index in [2.05, 4.69) is 24.5 Å². The van der Waals surface area contributed by atoms with Crippen molar-refractivity contribution in [2.45, 2.75) is 26.0 Å². The summed E-state index contributed by atoms with van der Waals surface area (Å²) in [4.78, 5) is 2.07. The third-order valence-corrected chi connectivity index (χ3v) is 2.13. The molecule has 0 aliphatic carbocycles. The van der Waals surface area contributed by atoms with Gasteiger partial charge in [-0.25, -0.2) is 0 Å². The molecule has 2 nitrogen and oxygen atoms in total. The Hall–Kier alpha value is -0.150. The zero-order valence-electron chi connectivity index (χ0n) is 7.61. The van der Waals surface area contributed by atoms with E-state index < -0.39 is 0 Å². The van der Waals surface area contributed by atoms with Crippen molar-refractivity contribution >= 4 is 12.6 Å². The van der Waals surface area contributed by atoms with E-state index in [1.165, 1.54) is 0 Å². The smallest absolute Gasteiger partial charge is 0.0743 e. The van der Waals surface area contributed by atoms with E-state index >= 15 is 0 Å². The number of likely N-dealkylation sites (N-methyl/N-ethyl adjacent to an activating group) is 1. The molecule has 2 atom stereocenters. The van der Waals surface area contributed by atoms with Crippen LogP contribution in [0.5, 0.6) is 0 Å². The minimum atomic E-state index is 0.240. The van der Waals surface area contributed by atoms with Crippen LogP contribution in [0.25, 0.3) is 0 Å². The second kappa shape index (κ2) is 5.49. The van der Waals surface area contributed by atoms with Gasteiger partial charge in [0.15, 0.2) is 0 Å². The summed E-state index contributed by atoms with van der Waals surface area (Å²) in [6.45, 7) is 4.16. The number of ether oxygens (including phenoxy) is 1. The Balaban J connectivity index is 3.90. The van der Waals surface area contributed by atoms with Gasteiger partial charge in [0.1, 0.15) is 0 Å². The van der Waals surface area contributed by atoms with Gasteiger partial charge in [0.2, 0.25) is 0 Å². The van der Waals surface area contributed by atoms with Crippen molar-refractivity contribution in [3.05, 3.63) is 11.6 Å². The highest BCUT2D eigenvalue weighted by atomic mass is 32.1. The third-order valence-electron chi connectivity index (χ3n) is 2.00. The van der Waals surface area contributed by atoms with Crippen LogP contribution in [0.2, 0.25) is 0 Å². The molecule has 1 unspecified atom stereocenters. The first kappa shape index (κ1) is 10.8. The largest absolute Gasteiger partial charge is 0.380 e. The molecule has 0 aromatic carbocycles. The van der Waals surface area contributed by atoms with Crippen LogP contribution in [-0.2, 0) is 4.74 Å². The standard InChI is InChI=1S/C8H17NOS/c1-7(8(2)10-4)9(3)5-6-11/h5-8,11H,1-4H3/b6-5-/t7?,8-/m1/s1. The van der Waals surface area contributed by atoms with E-state index in [9.17, 15) is 0 Å². The molecule has 0 heterocycles. The Labute approximate surface area is 74.6 Å². The summed E-state index contributed by atoms with van der Waals surface area (Å²) in [7, 11) is 3.73. The highest BCUT2D eigenvalue weighted by Crippen LogP contribution is 2.04. The van der Waals surface area contributed by atoms with E-state index in [1.807, 2.05) is 20.2 Å². The lowest BCUT2D eigenvalue weighted by molar-refractivity contribution is 0.0598. The topological polar surface area (TPSA) is 12.5 Å². The second-order valence-corrected chi connectivity index (χ2v) is 2.94. The van der Waals surface area contributed by atoms with Crippen molar-refractivity contribution in [3.8, 4) is 0 Å². The second-order valence-electron chi connectivity index (χ2n) is 2.65. The quantitative estimate of drug-likeness (QED) is 0.653. The van der Waals surface area contributed by atoms with Gasteiger partial charge in [0, 0.05) is 20.4 Å². The zero-order valence-corrected chi connectivity index (χ0v) is 8.51. The van der Waals surface area contributed by atoms with Crippen molar-refractivity contribution in [2.75, 3.05) is 14.2 Å². The summed E-state index contributed by atoms with van der Waals surface area (Å²) in [6.07, 6.45) is 2.16. The molecular weight excluding hydrogens is 158 g/mol. The number of nitrogens with zero attached hydrogens (tertiary/aromatic N) is 1. The molecule has 0 spiro atoms. The monoisotopic (exact) mass is 175 g/mol. The van der Waals surface area contributed by atoms with Crippen LogP contribution < -0.4 is 0 Å². The molecule has 0 fully saturated rings. The van der Waals surface area contributed by atoms with E-state index in [-0.39, 0.29) is 6.10 Å². The predicted molar refractivity (Wildman–Crippen MR) is 51.8 cm³/mol. The molecule has 66 valence electrons. The fraction of sp³-hybridized carbons (Fsp3) is 0.750. The van der Waals surface area contributed by atoms with Gasteiger partial charge in [0.25, 0.3) is 0 Å². The van der Waals surface area contributed by atoms with Gasteiger partial charge in [-0.05, 0) is 19.3 Å². The molecule has 0 aliphatic heterocycles. The maximum Gasteiger partial charge on any atom is 0.0743 e. The molecule has 3 heteroatoms. The number of rotatable bonds is 4. The van der Waals surface area contributed by atoms with Gasteiger partial charge in [-0.15, -0.1) is 12.6 Å². The van der Waals surface area contributed by atoms with Gasteiger partial charge < -0.3 is 9.64 Å². The lowest BCUT2D eigenvalue weighted by atomic mass is 10.2. The SMILES string of the molecule is CO[C@H](C)C(C)N(C)/C=C\S. The van der Waals surface area contributed by atoms with Crippen molar-refractivity contribution in [2.24, 2.45) is 0 Å². The Morgan fingerprint density at radius 3 is 2.36 bits per heavy atom. The average molecular weight is 175 g/mol. The molecule has 0 bridgehead atoms. The first-order chi connectivity index (χ1) is 5.13. The van der Waals surface area contributed by atoms with Gasteiger partial charge >= 0.3 is 0 Å². The maximum atomic E-state index is 5.18. The van der Waals surface area contributed by atoms with Crippen LogP contribution in [0.15, 0.2) is 11.6 Å².